The number of fused-ring (bicyclic) bond motifs is 4. The third kappa shape index (κ3) is 4.45. The second kappa shape index (κ2) is 7.93. The lowest BCUT2D eigenvalue weighted by Crippen LogP contribution is -2.46. The van der Waals surface area contributed by atoms with E-state index in [2.05, 4.69) is 37.9 Å². The van der Waals surface area contributed by atoms with Crippen molar-refractivity contribution in [3.8, 4) is 0 Å². The van der Waals surface area contributed by atoms with Gasteiger partial charge in [-0.15, -0.1) is 0 Å². The highest BCUT2D eigenvalue weighted by Gasteiger charge is 2.45. The van der Waals surface area contributed by atoms with Crippen LogP contribution in [0.3, 0.4) is 0 Å². The molecule has 4 aliphatic rings. The topological polar surface area (TPSA) is 32.3 Å². The average Bonchev–Trinajstić information content (AvgIpc) is 2.99. The molecule has 160 valence electrons. The Morgan fingerprint density at radius 3 is 2.29 bits per heavy atom. The van der Waals surface area contributed by atoms with Gasteiger partial charge in [-0.25, -0.2) is 0 Å². The summed E-state index contributed by atoms with van der Waals surface area (Å²) in [6.07, 6.45) is 13.4. The lowest BCUT2D eigenvalue weighted by molar-refractivity contribution is -0.134. The second-order valence-electron chi connectivity index (χ2n) is 12.2. The highest BCUT2D eigenvalue weighted by molar-refractivity contribution is 5.74. The number of nitrogens with one attached hydrogen (secondary N) is 1. The van der Waals surface area contributed by atoms with E-state index in [9.17, 15) is 4.79 Å². The fraction of sp³-hybridized carbons (Fsp3) is 0.960. The minimum atomic E-state index is 0.311. The van der Waals surface area contributed by atoms with E-state index in [0.29, 0.717) is 23.4 Å². The van der Waals surface area contributed by atoms with Crippen LogP contribution in [0.1, 0.15) is 98.8 Å². The zero-order chi connectivity index (χ0) is 20.1. The van der Waals surface area contributed by atoms with E-state index in [1.54, 1.807) is 6.92 Å². The highest BCUT2D eigenvalue weighted by atomic mass is 16.2. The van der Waals surface area contributed by atoms with Crippen LogP contribution in [0.5, 0.6) is 0 Å². The fourth-order valence-corrected chi connectivity index (χ4v) is 7.95. The van der Waals surface area contributed by atoms with Crippen molar-refractivity contribution in [1.29, 1.82) is 0 Å². The molecular weight excluding hydrogens is 344 g/mol. The number of hydrogen-bond acceptors (Lipinski definition) is 2. The molecule has 4 heterocycles. The van der Waals surface area contributed by atoms with Crippen LogP contribution in [0.2, 0.25) is 0 Å². The molecule has 0 aliphatic carbocycles. The van der Waals surface area contributed by atoms with E-state index in [0.717, 1.165) is 35.8 Å². The predicted octanol–water partition coefficient (Wildman–Crippen LogP) is 5.39. The van der Waals surface area contributed by atoms with Crippen molar-refractivity contribution in [2.75, 3.05) is 0 Å². The van der Waals surface area contributed by atoms with Crippen molar-refractivity contribution in [2.45, 2.75) is 123 Å². The summed E-state index contributed by atoms with van der Waals surface area (Å²) < 4.78 is 0. The molecule has 0 aromatic rings. The van der Waals surface area contributed by atoms with Crippen LogP contribution in [0.15, 0.2) is 0 Å². The SMILES string of the molecule is CC(=O)N1[C@@H]2CC[C@H]1C[C@H](CC(C)(C)CC1C[C@@H]3C[C@H](CC(C)C)C[C@H]1N3)C2. The summed E-state index contributed by atoms with van der Waals surface area (Å²) in [6, 6.07) is 2.65. The first-order chi connectivity index (χ1) is 13.2. The second-order valence-corrected chi connectivity index (χ2v) is 12.2. The summed E-state index contributed by atoms with van der Waals surface area (Å²) in [6.45, 7) is 11.6. The Kier molecular flexibility index (Phi) is 5.86. The number of piperidine rings is 2. The van der Waals surface area contributed by atoms with Crippen LogP contribution in [0.25, 0.3) is 0 Å². The molecule has 7 atom stereocenters. The Hall–Kier alpha value is -0.570. The zero-order valence-corrected chi connectivity index (χ0v) is 19.0. The molecule has 28 heavy (non-hydrogen) atoms. The van der Waals surface area contributed by atoms with Gasteiger partial charge in [-0.05, 0) is 93.3 Å². The Morgan fingerprint density at radius 1 is 1.00 bits per heavy atom. The highest BCUT2D eigenvalue weighted by Crippen LogP contribution is 2.47. The molecule has 0 aromatic carbocycles. The Labute approximate surface area is 173 Å². The van der Waals surface area contributed by atoms with Crippen LogP contribution in [-0.2, 0) is 4.79 Å². The summed E-state index contributed by atoms with van der Waals surface area (Å²) in [4.78, 5) is 14.2. The zero-order valence-electron chi connectivity index (χ0n) is 19.0. The lowest BCUT2D eigenvalue weighted by atomic mass is 9.71. The summed E-state index contributed by atoms with van der Waals surface area (Å²) in [7, 11) is 0. The fourth-order valence-electron chi connectivity index (χ4n) is 7.95. The van der Waals surface area contributed by atoms with Gasteiger partial charge in [-0.2, -0.15) is 0 Å². The van der Waals surface area contributed by atoms with Crippen molar-refractivity contribution in [2.24, 2.45) is 29.1 Å². The van der Waals surface area contributed by atoms with E-state index >= 15 is 0 Å². The minimum Gasteiger partial charge on any atom is -0.337 e. The van der Waals surface area contributed by atoms with Crippen LogP contribution < -0.4 is 5.32 Å². The quantitative estimate of drug-likeness (QED) is 0.662. The molecule has 4 fully saturated rings. The van der Waals surface area contributed by atoms with Gasteiger partial charge < -0.3 is 10.2 Å². The molecule has 1 amide bonds. The number of hydrogen-bond donors (Lipinski definition) is 1. The number of rotatable bonds is 6. The first kappa shape index (κ1) is 20.7. The van der Waals surface area contributed by atoms with E-state index < -0.39 is 0 Å². The molecule has 1 unspecified atom stereocenters. The average molecular weight is 389 g/mol. The molecular formula is C25H44N2O. The van der Waals surface area contributed by atoms with Gasteiger partial charge in [0.05, 0.1) is 0 Å². The number of amides is 1. The number of carbonyl (C=O) groups excluding carboxylic acids is 1. The monoisotopic (exact) mass is 388 g/mol. The first-order valence-corrected chi connectivity index (χ1v) is 12.2. The number of carbonyl (C=O) groups is 1. The van der Waals surface area contributed by atoms with Gasteiger partial charge in [0.1, 0.15) is 0 Å². The van der Waals surface area contributed by atoms with Crippen molar-refractivity contribution >= 4 is 5.91 Å². The van der Waals surface area contributed by atoms with Gasteiger partial charge in [0.25, 0.3) is 0 Å². The third-order valence-electron chi connectivity index (χ3n) is 8.47. The van der Waals surface area contributed by atoms with Gasteiger partial charge in [0.2, 0.25) is 5.91 Å². The molecule has 4 aliphatic heterocycles. The van der Waals surface area contributed by atoms with E-state index in [-0.39, 0.29) is 0 Å². The standard InChI is InChI=1S/C25H44N2O/c1-16(2)8-18-9-21-13-20(24(12-18)26-21)15-25(4,5)14-19-10-22-6-7-23(11-19)27(22)17(3)28/h16,18-24,26H,6-15H2,1-5H3/t18-,19-,20?,21-,22-,23+,24+/m0/s1. The molecule has 4 rings (SSSR count). The minimum absolute atomic E-state index is 0.311. The van der Waals surface area contributed by atoms with Gasteiger partial charge >= 0.3 is 0 Å². The first-order valence-electron chi connectivity index (χ1n) is 12.2. The lowest BCUT2D eigenvalue weighted by Gasteiger charge is -2.42. The van der Waals surface area contributed by atoms with Gasteiger partial charge in [0, 0.05) is 31.1 Å². The third-order valence-corrected chi connectivity index (χ3v) is 8.47. The maximum atomic E-state index is 12.0. The molecule has 0 saturated carbocycles. The van der Waals surface area contributed by atoms with Crippen LogP contribution in [0.4, 0.5) is 0 Å². The molecule has 4 bridgehead atoms. The summed E-state index contributed by atoms with van der Waals surface area (Å²) in [5.74, 6) is 3.81. The molecule has 1 N–H and O–H groups in total. The normalized spacial score (nSPS) is 40.4. The van der Waals surface area contributed by atoms with E-state index in [1.165, 1.54) is 64.2 Å². The van der Waals surface area contributed by atoms with Gasteiger partial charge in [-0.3, -0.25) is 4.79 Å². The van der Waals surface area contributed by atoms with Crippen LogP contribution >= 0.6 is 0 Å². The van der Waals surface area contributed by atoms with Crippen molar-refractivity contribution < 1.29 is 4.79 Å². The largest absolute Gasteiger partial charge is 0.337 e. The van der Waals surface area contributed by atoms with Crippen LogP contribution in [-0.4, -0.2) is 35.0 Å². The summed E-state index contributed by atoms with van der Waals surface area (Å²) in [5.41, 5.74) is 0.430. The molecule has 0 radical (unpaired) electrons. The molecule has 3 nitrogen and oxygen atoms in total. The number of nitrogens with zero attached hydrogens (tertiary/aromatic N) is 1. The molecule has 4 saturated heterocycles. The van der Waals surface area contributed by atoms with E-state index in [4.69, 9.17) is 0 Å². The molecule has 3 heteroatoms. The van der Waals surface area contributed by atoms with Crippen LogP contribution in [0, 0.1) is 29.1 Å². The predicted molar refractivity (Wildman–Crippen MR) is 116 cm³/mol. The van der Waals surface area contributed by atoms with E-state index in [1.807, 2.05) is 0 Å². The van der Waals surface area contributed by atoms with Crippen molar-refractivity contribution in [3.63, 3.8) is 0 Å². The Balaban J connectivity index is 1.31. The maximum Gasteiger partial charge on any atom is 0.219 e. The summed E-state index contributed by atoms with van der Waals surface area (Å²) >= 11 is 0. The van der Waals surface area contributed by atoms with Crippen molar-refractivity contribution in [3.05, 3.63) is 0 Å². The summed E-state index contributed by atoms with van der Waals surface area (Å²) in [5, 5.41) is 3.97. The van der Waals surface area contributed by atoms with Gasteiger partial charge in [-0.1, -0.05) is 27.7 Å². The van der Waals surface area contributed by atoms with Crippen molar-refractivity contribution in [1.82, 2.24) is 10.2 Å². The smallest absolute Gasteiger partial charge is 0.219 e. The Morgan fingerprint density at radius 2 is 1.68 bits per heavy atom. The van der Waals surface area contributed by atoms with Gasteiger partial charge in [0.15, 0.2) is 0 Å². The molecule has 0 spiro atoms. The molecule has 0 aromatic heterocycles. The maximum absolute atomic E-state index is 12.0. The Bertz CT molecular complexity index is 557.